The van der Waals surface area contributed by atoms with E-state index in [2.05, 4.69) is 52.0 Å². The van der Waals surface area contributed by atoms with E-state index in [1.165, 1.54) is 0 Å². The lowest BCUT2D eigenvalue weighted by molar-refractivity contribution is -0.118. The van der Waals surface area contributed by atoms with Crippen LogP contribution in [0.15, 0.2) is 59.6 Å². The van der Waals surface area contributed by atoms with Crippen LogP contribution in [-0.2, 0) is 29.8 Å². The van der Waals surface area contributed by atoms with E-state index in [4.69, 9.17) is 11.6 Å². The van der Waals surface area contributed by atoms with Crippen molar-refractivity contribution in [3.63, 3.8) is 0 Å². The van der Waals surface area contributed by atoms with Crippen LogP contribution in [0.4, 0.5) is 11.5 Å². The minimum Gasteiger partial charge on any atom is -0.364 e. The van der Waals surface area contributed by atoms with Crippen molar-refractivity contribution in [1.29, 1.82) is 5.26 Å². The SMILES string of the molecule is [C-]#[N+]c1c(N2CCCN(C)CC2)nc(SCc2ccc(CCC(=O)Cc3ccccc3)cc2)c(C#N)c1CC. The van der Waals surface area contributed by atoms with Crippen LogP contribution in [-0.4, -0.2) is 48.9 Å². The Morgan fingerprint density at radius 2 is 1.79 bits per heavy atom. The van der Waals surface area contributed by atoms with E-state index >= 15 is 0 Å². The molecule has 0 atom stereocenters. The van der Waals surface area contributed by atoms with E-state index in [1.54, 1.807) is 11.8 Å². The lowest BCUT2D eigenvalue weighted by atomic mass is 10.0. The highest BCUT2D eigenvalue weighted by atomic mass is 32.2. The third kappa shape index (κ3) is 7.47. The van der Waals surface area contributed by atoms with Crippen LogP contribution in [0.5, 0.6) is 0 Å². The zero-order chi connectivity index (χ0) is 27.6. The number of carbonyl (C=O) groups excluding carboxylic acids is 1. The molecule has 0 saturated carbocycles. The van der Waals surface area contributed by atoms with Crippen LogP contribution in [0.1, 0.15) is 47.6 Å². The summed E-state index contributed by atoms with van der Waals surface area (Å²) in [5.74, 6) is 1.64. The van der Waals surface area contributed by atoms with Gasteiger partial charge in [0.25, 0.3) is 0 Å². The molecule has 200 valence electrons. The summed E-state index contributed by atoms with van der Waals surface area (Å²) < 4.78 is 0. The van der Waals surface area contributed by atoms with E-state index < -0.39 is 0 Å². The standard InChI is InChI=1S/C32H35N5OS/c1-4-28-29(22-33)32(35-31(30(28)34-2)37-18-8-17-36(3)19-20-37)39-23-26-13-11-24(12-14-26)15-16-27(38)21-25-9-6-5-7-10-25/h5-7,9-14H,4,8,15-21,23H2,1,3H3. The summed E-state index contributed by atoms with van der Waals surface area (Å²) in [5.41, 5.74) is 5.18. The Bertz CT molecular complexity index is 1360. The minimum atomic E-state index is 0.248. The summed E-state index contributed by atoms with van der Waals surface area (Å²) in [6, 6.07) is 20.6. The van der Waals surface area contributed by atoms with Crippen molar-refractivity contribution in [2.75, 3.05) is 38.1 Å². The maximum Gasteiger partial charge on any atom is 0.232 e. The van der Waals surface area contributed by atoms with Gasteiger partial charge in [0.1, 0.15) is 22.7 Å². The molecule has 0 amide bonds. The number of carbonyl (C=O) groups is 1. The predicted octanol–water partition coefficient (Wildman–Crippen LogP) is 6.25. The normalized spacial score (nSPS) is 13.9. The van der Waals surface area contributed by atoms with Crippen LogP contribution < -0.4 is 4.90 Å². The second-order valence-electron chi connectivity index (χ2n) is 9.97. The second-order valence-corrected chi connectivity index (χ2v) is 10.9. The highest BCUT2D eigenvalue weighted by Crippen LogP contribution is 2.39. The molecule has 1 fully saturated rings. The Balaban J connectivity index is 1.44. The molecule has 0 spiro atoms. The van der Waals surface area contributed by atoms with Crippen LogP contribution in [0.2, 0.25) is 0 Å². The number of nitrogens with zero attached hydrogens (tertiary/aromatic N) is 5. The molecule has 1 saturated heterocycles. The number of aryl methyl sites for hydroxylation is 1. The van der Waals surface area contributed by atoms with Gasteiger partial charge in [0.2, 0.25) is 5.69 Å². The molecule has 1 aliphatic rings. The molecule has 4 rings (SSSR count). The number of nitriles is 1. The first-order valence-electron chi connectivity index (χ1n) is 13.6. The van der Waals surface area contributed by atoms with Crippen molar-refractivity contribution in [3.8, 4) is 6.07 Å². The number of rotatable bonds is 10. The summed E-state index contributed by atoms with van der Waals surface area (Å²) in [6.07, 6.45) is 3.37. The Hall–Kier alpha value is -3.65. The summed E-state index contributed by atoms with van der Waals surface area (Å²) in [5, 5.41) is 10.7. The number of pyridine rings is 1. The van der Waals surface area contributed by atoms with Gasteiger partial charge in [-0.25, -0.2) is 9.83 Å². The third-order valence-corrected chi connectivity index (χ3v) is 8.20. The Morgan fingerprint density at radius 3 is 2.49 bits per heavy atom. The number of Topliss-reactive ketones (excluding diaryl/α,β-unsaturated/α-hetero) is 1. The fraction of sp³-hybridized carbons (Fsp3) is 0.375. The van der Waals surface area contributed by atoms with Gasteiger partial charge in [-0.2, -0.15) is 5.26 Å². The first-order chi connectivity index (χ1) is 19.0. The number of hydrogen-bond donors (Lipinski definition) is 0. The second kappa shape index (κ2) is 13.9. The van der Waals surface area contributed by atoms with Gasteiger partial charge in [0.15, 0.2) is 0 Å². The van der Waals surface area contributed by atoms with Crippen molar-refractivity contribution in [2.45, 2.75) is 49.8 Å². The molecular formula is C32H35N5OS. The van der Waals surface area contributed by atoms with Crippen molar-refractivity contribution in [2.24, 2.45) is 0 Å². The van der Waals surface area contributed by atoms with Crippen molar-refractivity contribution >= 4 is 29.1 Å². The van der Waals surface area contributed by atoms with Crippen LogP contribution in [0.25, 0.3) is 4.85 Å². The van der Waals surface area contributed by atoms with Crippen molar-refractivity contribution in [1.82, 2.24) is 9.88 Å². The van der Waals surface area contributed by atoms with Gasteiger partial charge in [-0.1, -0.05) is 61.5 Å². The number of hydrogen-bond acceptors (Lipinski definition) is 6. The Kier molecular flexibility index (Phi) is 10.1. The molecular weight excluding hydrogens is 502 g/mol. The van der Waals surface area contributed by atoms with Crippen LogP contribution in [0.3, 0.4) is 0 Å². The van der Waals surface area contributed by atoms with Crippen LogP contribution in [0, 0.1) is 17.9 Å². The molecule has 39 heavy (non-hydrogen) atoms. The zero-order valence-electron chi connectivity index (χ0n) is 22.8. The monoisotopic (exact) mass is 537 g/mol. The van der Waals surface area contributed by atoms with E-state index in [1.807, 2.05) is 37.3 Å². The molecule has 2 heterocycles. The lowest BCUT2D eigenvalue weighted by Crippen LogP contribution is -2.29. The van der Waals surface area contributed by atoms with E-state index in [0.29, 0.717) is 47.1 Å². The van der Waals surface area contributed by atoms with Gasteiger partial charge < -0.3 is 9.80 Å². The van der Waals surface area contributed by atoms with E-state index in [9.17, 15) is 10.1 Å². The number of ketones is 1. The maximum absolute atomic E-state index is 12.4. The minimum absolute atomic E-state index is 0.248. The maximum atomic E-state index is 12.4. The number of thioether (sulfide) groups is 1. The number of benzene rings is 2. The molecule has 6 nitrogen and oxygen atoms in total. The van der Waals surface area contributed by atoms with E-state index in [-0.39, 0.29) is 5.78 Å². The number of likely N-dealkylation sites (N-methyl/N-ethyl adjacent to an activating group) is 1. The summed E-state index contributed by atoms with van der Waals surface area (Å²) in [7, 11) is 2.12. The fourth-order valence-electron chi connectivity index (χ4n) is 4.90. The first-order valence-corrected chi connectivity index (χ1v) is 14.5. The molecule has 0 unspecified atom stereocenters. The Morgan fingerprint density at radius 1 is 1.05 bits per heavy atom. The molecule has 0 N–H and O–H groups in total. The predicted molar refractivity (Wildman–Crippen MR) is 158 cm³/mol. The molecule has 3 aromatic rings. The van der Waals surface area contributed by atoms with Gasteiger partial charge >= 0.3 is 0 Å². The van der Waals surface area contributed by atoms with Crippen molar-refractivity contribution in [3.05, 3.63) is 93.8 Å². The summed E-state index contributed by atoms with van der Waals surface area (Å²) in [4.78, 5) is 25.7. The number of anilines is 1. The average Bonchev–Trinajstić information content (AvgIpc) is 3.19. The molecule has 7 heteroatoms. The summed E-state index contributed by atoms with van der Waals surface area (Å²) >= 11 is 1.56. The van der Waals surface area contributed by atoms with Gasteiger partial charge in [-0.15, -0.1) is 11.8 Å². The fourth-order valence-corrected chi connectivity index (χ4v) is 5.86. The topological polar surface area (TPSA) is 64.6 Å². The molecule has 2 aromatic carbocycles. The molecule has 1 aliphatic heterocycles. The first kappa shape index (κ1) is 28.4. The average molecular weight is 538 g/mol. The highest BCUT2D eigenvalue weighted by Gasteiger charge is 2.24. The molecule has 0 bridgehead atoms. The Labute approximate surface area is 236 Å². The molecule has 0 aliphatic carbocycles. The van der Waals surface area contributed by atoms with Crippen molar-refractivity contribution < 1.29 is 4.79 Å². The van der Waals surface area contributed by atoms with Gasteiger partial charge in [-0.3, -0.25) is 4.79 Å². The van der Waals surface area contributed by atoms with Gasteiger partial charge in [0.05, 0.1) is 12.1 Å². The largest absolute Gasteiger partial charge is 0.364 e. The van der Waals surface area contributed by atoms with E-state index in [0.717, 1.165) is 61.3 Å². The number of aromatic nitrogens is 1. The zero-order valence-corrected chi connectivity index (χ0v) is 23.6. The summed E-state index contributed by atoms with van der Waals surface area (Å²) in [6.45, 7) is 13.5. The quantitative estimate of drug-likeness (QED) is 0.225. The lowest BCUT2D eigenvalue weighted by Gasteiger charge is -2.25. The third-order valence-electron chi connectivity index (χ3n) is 7.15. The van der Waals surface area contributed by atoms with Gasteiger partial charge in [0, 0.05) is 38.2 Å². The smallest absolute Gasteiger partial charge is 0.232 e. The van der Waals surface area contributed by atoms with Crippen LogP contribution >= 0.6 is 11.8 Å². The van der Waals surface area contributed by atoms with Gasteiger partial charge in [-0.05, 0) is 55.1 Å². The molecule has 0 radical (unpaired) electrons. The molecule has 1 aromatic heterocycles. The highest BCUT2D eigenvalue weighted by molar-refractivity contribution is 7.98.